The van der Waals surface area contributed by atoms with Gasteiger partial charge in [0, 0.05) is 5.02 Å². The Labute approximate surface area is 100 Å². The van der Waals surface area contributed by atoms with Crippen molar-refractivity contribution in [2.75, 3.05) is 0 Å². The molecule has 1 rings (SSSR count). The summed E-state index contributed by atoms with van der Waals surface area (Å²) in [5.41, 5.74) is 0.850. The normalized spacial score (nSPS) is 13.6. The van der Waals surface area contributed by atoms with Gasteiger partial charge in [0.1, 0.15) is 5.92 Å². The molecule has 3 nitrogen and oxygen atoms in total. The monoisotopic (exact) mass is 236 g/mol. The van der Waals surface area contributed by atoms with Crippen LogP contribution < -0.4 is 5.32 Å². The fraction of sp³-hybridized carbons (Fsp3) is 0.333. The van der Waals surface area contributed by atoms with E-state index in [1.807, 2.05) is 31.2 Å². The van der Waals surface area contributed by atoms with Crippen LogP contribution in [0.15, 0.2) is 24.3 Å². The quantitative estimate of drug-likeness (QED) is 0.877. The molecule has 0 fully saturated rings. The number of nitriles is 1. The van der Waals surface area contributed by atoms with Crippen molar-refractivity contribution >= 4 is 17.5 Å². The zero-order valence-electron chi connectivity index (χ0n) is 9.20. The van der Waals surface area contributed by atoms with Crippen molar-refractivity contribution in [3.8, 4) is 6.07 Å². The van der Waals surface area contributed by atoms with Crippen molar-refractivity contribution in [2.24, 2.45) is 5.92 Å². The highest BCUT2D eigenvalue weighted by molar-refractivity contribution is 6.31. The molecule has 0 saturated carbocycles. The smallest absolute Gasteiger partial charge is 0.237 e. The number of hydrogen-bond donors (Lipinski definition) is 1. The van der Waals surface area contributed by atoms with E-state index in [1.165, 1.54) is 0 Å². The maximum Gasteiger partial charge on any atom is 0.237 e. The predicted octanol–water partition coefficient (Wildman–Crippen LogP) is 2.68. The van der Waals surface area contributed by atoms with Crippen LogP contribution in [0, 0.1) is 17.2 Å². The van der Waals surface area contributed by atoms with Gasteiger partial charge < -0.3 is 5.32 Å². The van der Waals surface area contributed by atoms with Crippen molar-refractivity contribution in [3.05, 3.63) is 34.9 Å². The number of halogens is 1. The molecular weight excluding hydrogens is 224 g/mol. The van der Waals surface area contributed by atoms with Gasteiger partial charge in [-0.2, -0.15) is 5.26 Å². The summed E-state index contributed by atoms with van der Waals surface area (Å²) in [5, 5.41) is 12.0. The van der Waals surface area contributed by atoms with Crippen LogP contribution in [-0.4, -0.2) is 5.91 Å². The summed E-state index contributed by atoms with van der Waals surface area (Å²) >= 11 is 6.00. The van der Waals surface area contributed by atoms with E-state index < -0.39 is 5.92 Å². The highest BCUT2D eigenvalue weighted by Gasteiger charge is 2.16. The van der Waals surface area contributed by atoms with Gasteiger partial charge in [-0.3, -0.25) is 4.79 Å². The van der Waals surface area contributed by atoms with E-state index in [4.69, 9.17) is 16.9 Å². The van der Waals surface area contributed by atoms with Crippen LogP contribution in [0.4, 0.5) is 0 Å². The minimum absolute atomic E-state index is 0.197. The van der Waals surface area contributed by atoms with Gasteiger partial charge in [-0.05, 0) is 25.5 Å². The van der Waals surface area contributed by atoms with Gasteiger partial charge >= 0.3 is 0 Å². The maximum absolute atomic E-state index is 11.5. The second-order valence-electron chi connectivity index (χ2n) is 3.60. The lowest BCUT2D eigenvalue weighted by molar-refractivity contribution is -0.123. The number of amides is 1. The summed E-state index contributed by atoms with van der Waals surface area (Å²) < 4.78 is 0. The largest absolute Gasteiger partial charge is 0.348 e. The molecule has 2 atom stereocenters. The molecular formula is C12H13ClN2O. The minimum Gasteiger partial charge on any atom is -0.348 e. The third-order valence-corrected chi connectivity index (χ3v) is 2.66. The molecule has 0 aliphatic carbocycles. The third kappa shape index (κ3) is 2.98. The molecule has 1 N–H and O–H groups in total. The van der Waals surface area contributed by atoms with Gasteiger partial charge in [-0.1, -0.05) is 29.8 Å². The molecule has 0 bridgehead atoms. The lowest BCUT2D eigenvalue weighted by Gasteiger charge is -2.16. The maximum atomic E-state index is 11.5. The van der Waals surface area contributed by atoms with Crippen LogP contribution >= 0.6 is 11.6 Å². The van der Waals surface area contributed by atoms with E-state index in [-0.39, 0.29) is 11.9 Å². The third-order valence-electron chi connectivity index (χ3n) is 2.32. The zero-order valence-corrected chi connectivity index (χ0v) is 9.95. The second-order valence-corrected chi connectivity index (χ2v) is 4.01. The summed E-state index contributed by atoms with van der Waals surface area (Å²) in [6, 6.07) is 9.01. The predicted molar refractivity (Wildman–Crippen MR) is 62.8 cm³/mol. The number of nitrogens with zero attached hydrogens (tertiary/aromatic N) is 1. The SMILES string of the molecule is CC(C#N)C(=O)NC(C)c1ccccc1Cl. The fourth-order valence-corrected chi connectivity index (χ4v) is 1.60. The highest BCUT2D eigenvalue weighted by atomic mass is 35.5. The summed E-state index contributed by atoms with van der Waals surface area (Å²) in [7, 11) is 0. The van der Waals surface area contributed by atoms with Gasteiger partial charge in [0.25, 0.3) is 0 Å². The Balaban J connectivity index is 2.74. The van der Waals surface area contributed by atoms with E-state index in [2.05, 4.69) is 5.32 Å². The molecule has 0 spiro atoms. The topological polar surface area (TPSA) is 52.9 Å². The van der Waals surface area contributed by atoms with Gasteiger partial charge in [-0.25, -0.2) is 0 Å². The second kappa shape index (κ2) is 5.53. The number of hydrogen-bond acceptors (Lipinski definition) is 2. The summed E-state index contributed by atoms with van der Waals surface area (Å²) in [6.45, 7) is 3.40. The highest BCUT2D eigenvalue weighted by Crippen LogP contribution is 2.22. The minimum atomic E-state index is -0.648. The van der Waals surface area contributed by atoms with Crippen LogP contribution in [0.25, 0.3) is 0 Å². The van der Waals surface area contributed by atoms with Crippen molar-refractivity contribution in [3.63, 3.8) is 0 Å². The molecule has 16 heavy (non-hydrogen) atoms. The molecule has 4 heteroatoms. The summed E-state index contributed by atoms with van der Waals surface area (Å²) in [4.78, 5) is 11.5. The van der Waals surface area contributed by atoms with E-state index in [0.29, 0.717) is 5.02 Å². The zero-order chi connectivity index (χ0) is 12.1. The number of rotatable bonds is 3. The molecule has 0 aromatic heterocycles. The van der Waals surface area contributed by atoms with E-state index in [0.717, 1.165) is 5.56 Å². The van der Waals surface area contributed by atoms with Gasteiger partial charge in [0.2, 0.25) is 5.91 Å². The molecule has 0 heterocycles. The van der Waals surface area contributed by atoms with Crippen molar-refractivity contribution in [2.45, 2.75) is 19.9 Å². The first kappa shape index (κ1) is 12.5. The Kier molecular flexibility index (Phi) is 4.33. The van der Waals surface area contributed by atoms with Crippen LogP contribution in [-0.2, 0) is 4.79 Å². The van der Waals surface area contributed by atoms with Crippen LogP contribution in [0.5, 0.6) is 0 Å². The Bertz CT molecular complexity index is 425. The van der Waals surface area contributed by atoms with Crippen molar-refractivity contribution in [1.29, 1.82) is 5.26 Å². The van der Waals surface area contributed by atoms with Crippen molar-refractivity contribution < 1.29 is 4.79 Å². The standard InChI is InChI=1S/C12H13ClN2O/c1-8(7-14)12(16)15-9(2)10-5-3-4-6-11(10)13/h3-6,8-9H,1-2H3,(H,15,16). The molecule has 0 radical (unpaired) electrons. The Morgan fingerprint density at radius 3 is 2.62 bits per heavy atom. The molecule has 1 amide bonds. The summed E-state index contributed by atoms with van der Waals surface area (Å²) in [5.74, 6) is -0.931. The van der Waals surface area contributed by atoms with E-state index in [1.54, 1.807) is 13.0 Å². The number of nitrogens with one attached hydrogen (secondary N) is 1. The first-order valence-electron chi connectivity index (χ1n) is 5.00. The van der Waals surface area contributed by atoms with E-state index in [9.17, 15) is 4.79 Å². The molecule has 2 unspecified atom stereocenters. The Morgan fingerprint density at radius 2 is 2.06 bits per heavy atom. The first-order valence-corrected chi connectivity index (χ1v) is 5.38. The number of carbonyl (C=O) groups excluding carboxylic acids is 1. The summed E-state index contributed by atoms with van der Waals surface area (Å²) in [6.07, 6.45) is 0. The fourth-order valence-electron chi connectivity index (χ4n) is 1.30. The molecule has 0 aliphatic rings. The molecule has 0 aliphatic heterocycles. The van der Waals surface area contributed by atoms with Crippen LogP contribution in [0.2, 0.25) is 5.02 Å². The van der Waals surface area contributed by atoms with Crippen LogP contribution in [0.1, 0.15) is 25.5 Å². The lowest BCUT2D eigenvalue weighted by Crippen LogP contribution is -2.31. The average molecular weight is 237 g/mol. The van der Waals surface area contributed by atoms with E-state index >= 15 is 0 Å². The van der Waals surface area contributed by atoms with Gasteiger partial charge in [-0.15, -0.1) is 0 Å². The van der Waals surface area contributed by atoms with Gasteiger partial charge in [0.15, 0.2) is 0 Å². The number of benzene rings is 1. The number of carbonyl (C=O) groups is 1. The first-order chi connectivity index (χ1) is 7.56. The molecule has 0 saturated heterocycles. The molecule has 1 aromatic rings. The van der Waals surface area contributed by atoms with Crippen molar-refractivity contribution in [1.82, 2.24) is 5.32 Å². The Morgan fingerprint density at radius 1 is 1.44 bits per heavy atom. The van der Waals surface area contributed by atoms with Crippen LogP contribution in [0.3, 0.4) is 0 Å². The Hall–Kier alpha value is -1.53. The molecule has 84 valence electrons. The molecule has 1 aromatic carbocycles. The van der Waals surface area contributed by atoms with Gasteiger partial charge in [0.05, 0.1) is 12.1 Å². The average Bonchev–Trinajstić information content (AvgIpc) is 2.28. The lowest BCUT2D eigenvalue weighted by atomic mass is 10.1.